The molecule has 1 aliphatic heterocycles. The zero-order valence-electron chi connectivity index (χ0n) is 12.4. The molecular formula is C16H17BrN4O. The highest BCUT2D eigenvalue weighted by molar-refractivity contribution is 9.10. The predicted molar refractivity (Wildman–Crippen MR) is 88.5 cm³/mol. The van der Waals surface area contributed by atoms with E-state index in [0.717, 1.165) is 35.1 Å². The van der Waals surface area contributed by atoms with Gasteiger partial charge in [-0.25, -0.2) is 9.67 Å². The SMILES string of the molecule is Cn1cc(-c2cnn(C3CCCCO3)c2)c2cc(Br)ncc21. The number of pyridine rings is 1. The van der Waals surface area contributed by atoms with Gasteiger partial charge in [-0.15, -0.1) is 0 Å². The quantitative estimate of drug-likeness (QED) is 0.651. The molecule has 0 aliphatic carbocycles. The smallest absolute Gasteiger partial charge is 0.150 e. The summed E-state index contributed by atoms with van der Waals surface area (Å²) >= 11 is 3.45. The first-order valence-electron chi connectivity index (χ1n) is 7.49. The van der Waals surface area contributed by atoms with Crippen LogP contribution >= 0.6 is 15.9 Å². The summed E-state index contributed by atoms with van der Waals surface area (Å²) in [5.74, 6) is 0. The summed E-state index contributed by atoms with van der Waals surface area (Å²) in [6, 6.07) is 2.05. The minimum absolute atomic E-state index is 0.0749. The monoisotopic (exact) mass is 360 g/mol. The van der Waals surface area contributed by atoms with Gasteiger partial charge in [0, 0.05) is 42.6 Å². The molecule has 4 rings (SSSR count). The van der Waals surface area contributed by atoms with E-state index in [0.29, 0.717) is 0 Å². The minimum atomic E-state index is 0.0749. The summed E-state index contributed by atoms with van der Waals surface area (Å²) < 4.78 is 10.7. The van der Waals surface area contributed by atoms with Gasteiger partial charge in [-0.1, -0.05) is 0 Å². The maximum Gasteiger partial charge on any atom is 0.150 e. The highest BCUT2D eigenvalue weighted by Gasteiger charge is 2.18. The largest absolute Gasteiger partial charge is 0.357 e. The summed E-state index contributed by atoms with van der Waals surface area (Å²) in [5.41, 5.74) is 3.39. The highest BCUT2D eigenvalue weighted by Crippen LogP contribution is 2.32. The van der Waals surface area contributed by atoms with E-state index in [2.05, 4.69) is 49.0 Å². The minimum Gasteiger partial charge on any atom is -0.357 e. The summed E-state index contributed by atoms with van der Waals surface area (Å²) in [5, 5.41) is 5.68. The fraction of sp³-hybridized carbons (Fsp3) is 0.375. The number of aryl methyl sites for hydroxylation is 1. The molecule has 0 spiro atoms. The van der Waals surface area contributed by atoms with Gasteiger partial charge in [-0.3, -0.25) is 0 Å². The molecule has 0 bridgehead atoms. The van der Waals surface area contributed by atoms with E-state index in [1.807, 2.05) is 24.1 Å². The molecule has 5 nitrogen and oxygen atoms in total. The van der Waals surface area contributed by atoms with Gasteiger partial charge < -0.3 is 9.30 Å². The molecule has 3 aromatic rings. The van der Waals surface area contributed by atoms with Crippen molar-refractivity contribution in [2.24, 2.45) is 7.05 Å². The maximum absolute atomic E-state index is 5.80. The van der Waals surface area contributed by atoms with Crippen molar-refractivity contribution >= 4 is 26.8 Å². The lowest BCUT2D eigenvalue weighted by molar-refractivity contribution is -0.0394. The Balaban J connectivity index is 1.76. The molecule has 0 aromatic carbocycles. The van der Waals surface area contributed by atoms with Crippen molar-refractivity contribution in [2.45, 2.75) is 25.5 Å². The molecule has 22 heavy (non-hydrogen) atoms. The van der Waals surface area contributed by atoms with Crippen LogP contribution in [0.15, 0.2) is 35.5 Å². The van der Waals surface area contributed by atoms with Gasteiger partial charge in [0.05, 0.1) is 17.9 Å². The Morgan fingerprint density at radius 3 is 3.00 bits per heavy atom. The van der Waals surface area contributed by atoms with Crippen LogP contribution in [0.25, 0.3) is 22.0 Å². The molecule has 3 aromatic heterocycles. The van der Waals surface area contributed by atoms with Gasteiger partial charge in [0.15, 0.2) is 0 Å². The summed E-state index contributed by atoms with van der Waals surface area (Å²) in [7, 11) is 2.04. The number of hydrogen-bond acceptors (Lipinski definition) is 3. The number of aromatic nitrogens is 4. The van der Waals surface area contributed by atoms with Crippen LogP contribution in [-0.2, 0) is 11.8 Å². The number of halogens is 1. The van der Waals surface area contributed by atoms with Gasteiger partial charge in [-0.2, -0.15) is 5.10 Å². The average molecular weight is 361 g/mol. The van der Waals surface area contributed by atoms with Crippen molar-refractivity contribution in [1.82, 2.24) is 19.3 Å². The van der Waals surface area contributed by atoms with Crippen molar-refractivity contribution in [3.05, 3.63) is 35.5 Å². The molecule has 1 unspecified atom stereocenters. The molecule has 1 atom stereocenters. The van der Waals surface area contributed by atoms with Gasteiger partial charge in [-0.05, 0) is 41.3 Å². The van der Waals surface area contributed by atoms with E-state index in [4.69, 9.17) is 4.74 Å². The predicted octanol–water partition coefficient (Wildman–Crippen LogP) is 3.90. The Bertz CT molecular complexity index is 817. The summed E-state index contributed by atoms with van der Waals surface area (Å²) in [6.45, 7) is 0.826. The van der Waals surface area contributed by atoms with Crippen molar-refractivity contribution < 1.29 is 4.74 Å². The van der Waals surface area contributed by atoms with Crippen molar-refractivity contribution in [2.75, 3.05) is 6.61 Å². The van der Waals surface area contributed by atoms with Gasteiger partial charge in [0.25, 0.3) is 0 Å². The second-order valence-electron chi connectivity index (χ2n) is 5.71. The topological polar surface area (TPSA) is 44.9 Å². The number of nitrogens with zero attached hydrogens (tertiary/aromatic N) is 4. The molecule has 1 aliphatic rings. The van der Waals surface area contributed by atoms with Gasteiger partial charge in [0.2, 0.25) is 0 Å². The molecule has 1 saturated heterocycles. The number of ether oxygens (including phenoxy) is 1. The van der Waals surface area contributed by atoms with E-state index >= 15 is 0 Å². The van der Waals surface area contributed by atoms with Crippen molar-refractivity contribution in [1.29, 1.82) is 0 Å². The Labute approximate surface area is 137 Å². The number of hydrogen-bond donors (Lipinski definition) is 0. The maximum atomic E-state index is 5.80. The fourth-order valence-electron chi connectivity index (χ4n) is 3.05. The lowest BCUT2D eigenvalue weighted by atomic mass is 10.1. The van der Waals surface area contributed by atoms with E-state index < -0.39 is 0 Å². The van der Waals surface area contributed by atoms with E-state index in [9.17, 15) is 0 Å². The van der Waals surface area contributed by atoms with Crippen LogP contribution in [-0.4, -0.2) is 25.9 Å². The normalized spacial score (nSPS) is 18.9. The molecule has 0 saturated carbocycles. The van der Waals surface area contributed by atoms with Crippen LogP contribution in [0.3, 0.4) is 0 Å². The van der Waals surface area contributed by atoms with Gasteiger partial charge in [0.1, 0.15) is 10.8 Å². The third-order valence-corrected chi connectivity index (χ3v) is 4.64. The standard InChI is InChI=1S/C16H17BrN4O/c1-20-10-13(12-6-15(17)18-8-14(12)20)11-7-19-21(9-11)16-4-2-3-5-22-16/h6-10,16H,2-5H2,1H3. The first kappa shape index (κ1) is 14.0. The van der Waals surface area contributed by atoms with Crippen molar-refractivity contribution in [3.8, 4) is 11.1 Å². The van der Waals surface area contributed by atoms with Crippen LogP contribution in [0.1, 0.15) is 25.5 Å². The van der Waals surface area contributed by atoms with Crippen LogP contribution in [0.4, 0.5) is 0 Å². The van der Waals surface area contributed by atoms with Crippen LogP contribution in [0.5, 0.6) is 0 Å². The molecule has 4 heterocycles. The third-order valence-electron chi connectivity index (χ3n) is 4.21. The number of fused-ring (bicyclic) bond motifs is 1. The van der Waals surface area contributed by atoms with Crippen LogP contribution in [0, 0.1) is 0 Å². The molecule has 6 heteroatoms. The Kier molecular flexibility index (Phi) is 3.50. The number of rotatable bonds is 2. The molecular weight excluding hydrogens is 344 g/mol. The third kappa shape index (κ3) is 2.36. The zero-order chi connectivity index (χ0) is 15.1. The average Bonchev–Trinajstić information content (AvgIpc) is 3.13. The summed E-state index contributed by atoms with van der Waals surface area (Å²) in [6.07, 6.45) is 11.5. The first-order chi connectivity index (χ1) is 10.7. The Morgan fingerprint density at radius 2 is 2.18 bits per heavy atom. The molecule has 0 N–H and O–H groups in total. The second kappa shape index (κ2) is 5.52. The lowest BCUT2D eigenvalue weighted by Crippen LogP contribution is -2.18. The fourth-order valence-corrected chi connectivity index (χ4v) is 3.38. The molecule has 0 amide bonds. The molecule has 0 radical (unpaired) electrons. The molecule has 1 fully saturated rings. The van der Waals surface area contributed by atoms with Crippen LogP contribution < -0.4 is 0 Å². The van der Waals surface area contributed by atoms with Crippen LogP contribution in [0.2, 0.25) is 0 Å². The van der Waals surface area contributed by atoms with E-state index in [1.54, 1.807) is 0 Å². The Morgan fingerprint density at radius 1 is 1.27 bits per heavy atom. The lowest BCUT2D eigenvalue weighted by Gasteiger charge is -2.22. The van der Waals surface area contributed by atoms with Crippen molar-refractivity contribution in [3.63, 3.8) is 0 Å². The summed E-state index contributed by atoms with van der Waals surface area (Å²) in [4.78, 5) is 4.31. The van der Waals surface area contributed by atoms with E-state index in [1.165, 1.54) is 17.4 Å². The van der Waals surface area contributed by atoms with E-state index in [-0.39, 0.29) is 6.23 Å². The van der Waals surface area contributed by atoms with Gasteiger partial charge >= 0.3 is 0 Å². The second-order valence-corrected chi connectivity index (χ2v) is 6.52. The molecule has 114 valence electrons. The first-order valence-corrected chi connectivity index (χ1v) is 8.28. The zero-order valence-corrected chi connectivity index (χ0v) is 14.0. The Hall–Kier alpha value is -1.66. The highest BCUT2D eigenvalue weighted by atomic mass is 79.9.